The van der Waals surface area contributed by atoms with Gasteiger partial charge in [0, 0.05) is 33.7 Å². The molecular formula is C27H20ClF3N4O2S. The molecule has 0 unspecified atom stereocenters. The molecule has 0 atom stereocenters. The Morgan fingerprint density at radius 1 is 1.03 bits per heavy atom. The van der Waals surface area contributed by atoms with Crippen molar-refractivity contribution in [1.82, 2.24) is 13.3 Å². The Kier molecular flexibility index (Phi) is 6.85. The van der Waals surface area contributed by atoms with E-state index in [9.17, 15) is 18.0 Å². The zero-order valence-corrected chi connectivity index (χ0v) is 21.7. The number of anilines is 1. The smallest absolute Gasteiger partial charge is 0.418 e. The number of carbonyl (C=O) groups excluding carboxylic acids is 1. The summed E-state index contributed by atoms with van der Waals surface area (Å²) in [7, 11) is 0. The number of rotatable bonds is 6. The normalized spacial score (nSPS) is 11.6. The lowest BCUT2D eigenvalue weighted by Crippen LogP contribution is -2.15. The lowest BCUT2D eigenvalue weighted by molar-refractivity contribution is -0.137. The van der Waals surface area contributed by atoms with E-state index in [-0.39, 0.29) is 17.9 Å². The van der Waals surface area contributed by atoms with Gasteiger partial charge in [-0.3, -0.25) is 4.79 Å². The van der Waals surface area contributed by atoms with E-state index in [2.05, 4.69) is 14.1 Å². The van der Waals surface area contributed by atoms with Gasteiger partial charge >= 0.3 is 6.18 Å². The van der Waals surface area contributed by atoms with Crippen LogP contribution in [0.1, 0.15) is 32.9 Å². The van der Waals surface area contributed by atoms with Gasteiger partial charge in [0.15, 0.2) is 0 Å². The number of amides is 1. The number of fused-ring (bicyclic) bond motifs is 1. The van der Waals surface area contributed by atoms with Crippen molar-refractivity contribution >= 4 is 46.0 Å². The summed E-state index contributed by atoms with van der Waals surface area (Å²) < 4.78 is 56.6. The van der Waals surface area contributed by atoms with Crippen LogP contribution in [0.25, 0.3) is 16.7 Å². The highest BCUT2D eigenvalue weighted by atomic mass is 35.5. The average Bonchev–Trinajstić information content (AvgIpc) is 3.45. The summed E-state index contributed by atoms with van der Waals surface area (Å²) in [6, 6.07) is 17.2. The number of para-hydroxylation sites is 1. The Morgan fingerprint density at radius 3 is 2.53 bits per heavy atom. The molecule has 1 N–H and O–H groups in total. The summed E-state index contributed by atoms with van der Waals surface area (Å²) >= 11 is 7.44. The minimum atomic E-state index is -4.53. The van der Waals surface area contributed by atoms with E-state index in [1.807, 2.05) is 6.07 Å². The molecule has 2 heterocycles. The lowest BCUT2D eigenvalue weighted by atomic mass is 10.1. The van der Waals surface area contributed by atoms with E-state index in [0.717, 1.165) is 34.4 Å². The second-order valence-electron chi connectivity index (χ2n) is 8.60. The van der Waals surface area contributed by atoms with Gasteiger partial charge in [-0.25, -0.2) is 0 Å². The number of benzene rings is 3. The molecule has 194 valence electrons. The number of hydrogen-bond donors (Lipinski definition) is 1. The van der Waals surface area contributed by atoms with E-state index in [0.29, 0.717) is 27.8 Å². The fourth-order valence-corrected chi connectivity index (χ4v) is 4.98. The molecule has 0 aliphatic rings. The minimum absolute atomic E-state index is 0.0327. The fourth-order valence-electron chi connectivity index (χ4n) is 4.25. The largest absolute Gasteiger partial charge is 0.489 e. The van der Waals surface area contributed by atoms with Crippen molar-refractivity contribution < 1.29 is 22.7 Å². The first-order valence-electron chi connectivity index (χ1n) is 11.4. The van der Waals surface area contributed by atoms with E-state index < -0.39 is 17.6 Å². The first kappa shape index (κ1) is 25.7. The van der Waals surface area contributed by atoms with E-state index in [4.69, 9.17) is 16.3 Å². The maximum Gasteiger partial charge on any atom is 0.418 e. The van der Waals surface area contributed by atoms with Crippen LogP contribution in [0.2, 0.25) is 5.02 Å². The molecule has 38 heavy (non-hydrogen) atoms. The van der Waals surface area contributed by atoms with Gasteiger partial charge in [0.25, 0.3) is 5.91 Å². The number of ether oxygens (including phenoxy) is 1. The summed E-state index contributed by atoms with van der Waals surface area (Å²) in [6.45, 7) is 3.46. The average molecular weight is 557 g/mol. The van der Waals surface area contributed by atoms with Gasteiger partial charge in [-0.05, 0) is 56.3 Å². The third kappa shape index (κ3) is 5.09. The standard InChI is InChI=1S/C27H20ClF3N4O2S/c1-15-10-20(16(2)35(15)25-9-4-3-8-21(25)27(29,30)31)26(36)32-18-6-5-7-19(12-18)37-14-17-11-23-24(13-22(17)28)34-38-33-23/h3-13H,14H2,1-2H3,(H,32,36). The molecule has 0 spiro atoms. The van der Waals surface area contributed by atoms with E-state index >= 15 is 0 Å². The maximum atomic E-state index is 13.6. The summed E-state index contributed by atoms with van der Waals surface area (Å²) in [5.74, 6) is 0.0514. The van der Waals surface area contributed by atoms with Crippen LogP contribution in [0, 0.1) is 13.8 Å². The van der Waals surface area contributed by atoms with Crippen molar-refractivity contribution in [3.8, 4) is 11.4 Å². The number of halogens is 4. The van der Waals surface area contributed by atoms with Crippen LogP contribution in [0.5, 0.6) is 5.75 Å². The van der Waals surface area contributed by atoms with Gasteiger partial charge in [0.1, 0.15) is 23.4 Å². The highest BCUT2D eigenvalue weighted by molar-refractivity contribution is 7.00. The van der Waals surface area contributed by atoms with E-state index in [1.165, 1.54) is 22.8 Å². The first-order chi connectivity index (χ1) is 18.1. The molecule has 5 aromatic rings. The summed E-state index contributed by atoms with van der Waals surface area (Å²) in [5.41, 5.74) is 3.02. The Balaban J connectivity index is 1.35. The van der Waals surface area contributed by atoms with Gasteiger partial charge in [0.05, 0.1) is 28.5 Å². The van der Waals surface area contributed by atoms with Crippen molar-refractivity contribution in [2.75, 3.05) is 5.32 Å². The molecule has 0 saturated carbocycles. The monoisotopic (exact) mass is 556 g/mol. The third-order valence-electron chi connectivity index (χ3n) is 6.03. The van der Waals surface area contributed by atoms with Gasteiger partial charge in [-0.2, -0.15) is 21.9 Å². The number of aryl methyl sites for hydroxylation is 1. The van der Waals surface area contributed by atoms with Crippen molar-refractivity contribution in [2.45, 2.75) is 26.6 Å². The molecule has 3 aromatic carbocycles. The molecule has 0 aliphatic carbocycles. The SMILES string of the molecule is Cc1cc(C(=O)Nc2cccc(OCc3cc4nsnc4cc3Cl)c2)c(C)n1-c1ccccc1C(F)(F)F. The van der Waals surface area contributed by atoms with Crippen molar-refractivity contribution in [3.05, 3.63) is 99.8 Å². The zero-order chi connectivity index (χ0) is 27.0. The van der Waals surface area contributed by atoms with E-state index in [1.54, 1.807) is 50.2 Å². The third-order valence-corrected chi connectivity index (χ3v) is 6.94. The molecule has 5 rings (SSSR count). The summed E-state index contributed by atoms with van der Waals surface area (Å²) in [4.78, 5) is 13.1. The predicted octanol–water partition coefficient (Wildman–Crippen LogP) is 7.60. The number of carbonyl (C=O) groups is 1. The van der Waals surface area contributed by atoms with Gasteiger partial charge in [-0.1, -0.05) is 29.8 Å². The zero-order valence-electron chi connectivity index (χ0n) is 20.1. The molecule has 0 saturated heterocycles. The minimum Gasteiger partial charge on any atom is -0.489 e. The van der Waals surface area contributed by atoms with Crippen LogP contribution in [-0.4, -0.2) is 19.2 Å². The number of hydrogen-bond acceptors (Lipinski definition) is 5. The summed E-state index contributed by atoms with van der Waals surface area (Å²) in [6.07, 6.45) is -4.53. The second kappa shape index (κ2) is 10.1. The molecule has 0 fully saturated rings. The molecule has 2 aromatic heterocycles. The van der Waals surface area contributed by atoms with Crippen LogP contribution in [0.4, 0.5) is 18.9 Å². The number of nitrogens with zero attached hydrogens (tertiary/aromatic N) is 3. The van der Waals surface area contributed by atoms with Gasteiger partial charge in [-0.15, -0.1) is 0 Å². The van der Waals surface area contributed by atoms with Crippen LogP contribution in [0.3, 0.4) is 0 Å². The molecule has 11 heteroatoms. The molecule has 0 bridgehead atoms. The van der Waals surface area contributed by atoms with Gasteiger partial charge < -0.3 is 14.6 Å². The molecule has 1 amide bonds. The molecule has 6 nitrogen and oxygen atoms in total. The Bertz CT molecular complexity index is 1660. The number of alkyl halides is 3. The van der Waals surface area contributed by atoms with Crippen LogP contribution >= 0.6 is 23.3 Å². The number of nitrogens with one attached hydrogen (secondary N) is 1. The Labute approximate surface area is 225 Å². The topological polar surface area (TPSA) is 69.0 Å². The van der Waals surface area contributed by atoms with Crippen molar-refractivity contribution in [3.63, 3.8) is 0 Å². The predicted molar refractivity (Wildman–Crippen MR) is 141 cm³/mol. The molecule has 0 aliphatic heterocycles. The quantitative estimate of drug-likeness (QED) is 0.234. The highest BCUT2D eigenvalue weighted by Gasteiger charge is 2.34. The number of aromatic nitrogens is 3. The Morgan fingerprint density at radius 2 is 1.76 bits per heavy atom. The Hall–Kier alpha value is -3.89. The summed E-state index contributed by atoms with van der Waals surface area (Å²) in [5, 5.41) is 3.32. The maximum absolute atomic E-state index is 13.6. The van der Waals surface area contributed by atoms with Crippen LogP contribution in [-0.2, 0) is 12.8 Å². The van der Waals surface area contributed by atoms with Crippen molar-refractivity contribution in [2.24, 2.45) is 0 Å². The highest BCUT2D eigenvalue weighted by Crippen LogP contribution is 2.35. The molecular weight excluding hydrogens is 537 g/mol. The first-order valence-corrected chi connectivity index (χ1v) is 12.5. The van der Waals surface area contributed by atoms with Gasteiger partial charge in [0.2, 0.25) is 0 Å². The van der Waals surface area contributed by atoms with Crippen LogP contribution in [0.15, 0.2) is 66.7 Å². The molecule has 0 radical (unpaired) electrons. The second-order valence-corrected chi connectivity index (χ2v) is 9.54. The fraction of sp³-hybridized carbons (Fsp3) is 0.148. The van der Waals surface area contributed by atoms with Crippen molar-refractivity contribution in [1.29, 1.82) is 0 Å². The van der Waals surface area contributed by atoms with Crippen LogP contribution < -0.4 is 10.1 Å². The lowest BCUT2D eigenvalue weighted by Gasteiger charge is -2.17.